The lowest BCUT2D eigenvalue weighted by molar-refractivity contribution is 0.0906. The van der Waals surface area contributed by atoms with Crippen molar-refractivity contribution < 1.29 is 14.6 Å². The third-order valence-corrected chi connectivity index (χ3v) is 3.14. The van der Waals surface area contributed by atoms with E-state index in [0.717, 1.165) is 17.7 Å². The van der Waals surface area contributed by atoms with Crippen molar-refractivity contribution >= 4 is 0 Å². The van der Waals surface area contributed by atoms with Gasteiger partial charge in [0.15, 0.2) is 0 Å². The van der Waals surface area contributed by atoms with E-state index in [1.807, 2.05) is 30.3 Å². The van der Waals surface area contributed by atoms with Gasteiger partial charge < -0.3 is 14.6 Å². The largest absolute Gasteiger partial charge is 0.495 e. The van der Waals surface area contributed by atoms with Crippen LogP contribution in [-0.4, -0.2) is 24.4 Å². The number of aliphatic hydroxyl groups is 1. The molecule has 3 nitrogen and oxygen atoms in total. The second kappa shape index (κ2) is 3.83. The van der Waals surface area contributed by atoms with E-state index in [0.29, 0.717) is 19.0 Å². The van der Waals surface area contributed by atoms with Crippen LogP contribution in [0.2, 0.25) is 0 Å². The first kappa shape index (κ1) is 9.73. The summed E-state index contributed by atoms with van der Waals surface area (Å²) in [5.41, 5.74) is 1.08. The molecule has 2 heterocycles. The average Bonchev–Trinajstić information content (AvgIpc) is 2.98. The fourth-order valence-electron chi connectivity index (χ4n) is 2.29. The van der Waals surface area contributed by atoms with E-state index < -0.39 is 6.10 Å². The Labute approximate surface area is 94.3 Å². The summed E-state index contributed by atoms with van der Waals surface area (Å²) in [7, 11) is 0. The van der Waals surface area contributed by atoms with Gasteiger partial charge in [-0.2, -0.15) is 0 Å². The van der Waals surface area contributed by atoms with Gasteiger partial charge in [-0.25, -0.2) is 0 Å². The number of para-hydroxylation sites is 1. The minimum Gasteiger partial charge on any atom is -0.495 e. The van der Waals surface area contributed by atoms with E-state index in [-0.39, 0.29) is 5.92 Å². The molecule has 0 fully saturated rings. The maximum atomic E-state index is 10.2. The van der Waals surface area contributed by atoms with Crippen molar-refractivity contribution in [2.24, 2.45) is 0 Å². The molecule has 0 amide bonds. The SMILES string of the molecule is OC(C1=CCCO1)C1COc2ccccc21. The molecule has 0 saturated carbocycles. The van der Waals surface area contributed by atoms with Crippen molar-refractivity contribution in [3.63, 3.8) is 0 Å². The number of fused-ring (bicyclic) bond motifs is 1. The molecule has 84 valence electrons. The summed E-state index contributed by atoms with van der Waals surface area (Å²) >= 11 is 0. The van der Waals surface area contributed by atoms with E-state index in [1.165, 1.54) is 0 Å². The number of hydrogen-bond acceptors (Lipinski definition) is 3. The minimum atomic E-state index is -0.578. The summed E-state index contributed by atoms with van der Waals surface area (Å²) in [6, 6.07) is 7.85. The van der Waals surface area contributed by atoms with Gasteiger partial charge in [0.1, 0.15) is 17.6 Å². The molecule has 16 heavy (non-hydrogen) atoms. The predicted molar refractivity (Wildman–Crippen MR) is 59.3 cm³/mol. The van der Waals surface area contributed by atoms with Gasteiger partial charge in [-0.3, -0.25) is 0 Å². The molecule has 1 N–H and O–H groups in total. The normalized spacial score (nSPS) is 24.3. The Morgan fingerprint density at radius 2 is 2.12 bits per heavy atom. The third kappa shape index (κ3) is 1.48. The van der Waals surface area contributed by atoms with Crippen molar-refractivity contribution in [1.82, 2.24) is 0 Å². The lowest BCUT2D eigenvalue weighted by atomic mass is 9.94. The molecule has 2 atom stereocenters. The Bertz CT molecular complexity index is 425. The Balaban J connectivity index is 1.87. The van der Waals surface area contributed by atoms with Crippen molar-refractivity contribution in [2.45, 2.75) is 18.4 Å². The highest BCUT2D eigenvalue weighted by Gasteiger charge is 2.33. The summed E-state index contributed by atoms with van der Waals surface area (Å²) in [4.78, 5) is 0. The number of ether oxygens (including phenoxy) is 2. The van der Waals surface area contributed by atoms with Crippen LogP contribution in [0.3, 0.4) is 0 Å². The summed E-state index contributed by atoms with van der Waals surface area (Å²) in [5, 5.41) is 10.2. The molecule has 0 aliphatic carbocycles. The van der Waals surface area contributed by atoms with Gasteiger partial charge in [0.25, 0.3) is 0 Å². The van der Waals surface area contributed by atoms with Crippen LogP contribution >= 0.6 is 0 Å². The summed E-state index contributed by atoms with van der Waals surface area (Å²) in [5.74, 6) is 1.58. The highest BCUT2D eigenvalue weighted by Crippen LogP contribution is 2.38. The maximum absolute atomic E-state index is 10.2. The minimum absolute atomic E-state index is 0.000509. The summed E-state index contributed by atoms with van der Waals surface area (Å²) < 4.78 is 10.9. The highest BCUT2D eigenvalue weighted by atomic mass is 16.5. The first-order chi connectivity index (χ1) is 7.86. The topological polar surface area (TPSA) is 38.7 Å². The first-order valence-electron chi connectivity index (χ1n) is 5.59. The van der Waals surface area contributed by atoms with E-state index in [4.69, 9.17) is 9.47 Å². The number of hydrogen-bond donors (Lipinski definition) is 1. The molecule has 2 aliphatic rings. The van der Waals surface area contributed by atoms with Gasteiger partial charge in [0, 0.05) is 12.0 Å². The molecule has 0 saturated heterocycles. The van der Waals surface area contributed by atoms with Gasteiger partial charge in [0.2, 0.25) is 0 Å². The zero-order chi connectivity index (χ0) is 11.0. The second-order valence-electron chi connectivity index (χ2n) is 4.14. The van der Waals surface area contributed by atoms with Gasteiger partial charge >= 0.3 is 0 Å². The molecule has 2 aliphatic heterocycles. The van der Waals surface area contributed by atoms with Crippen LogP contribution in [0.5, 0.6) is 5.75 Å². The lowest BCUT2D eigenvalue weighted by Crippen LogP contribution is -2.22. The molecular weight excluding hydrogens is 204 g/mol. The van der Waals surface area contributed by atoms with Crippen LogP contribution in [0, 0.1) is 0 Å². The van der Waals surface area contributed by atoms with E-state index >= 15 is 0 Å². The van der Waals surface area contributed by atoms with Gasteiger partial charge in [-0.15, -0.1) is 0 Å². The lowest BCUT2D eigenvalue weighted by Gasteiger charge is -2.18. The zero-order valence-corrected chi connectivity index (χ0v) is 8.93. The maximum Gasteiger partial charge on any atom is 0.123 e. The van der Waals surface area contributed by atoms with Crippen LogP contribution in [0.4, 0.5) is 0 Å². The number of benzene rings is 1. The summed E-state index contributed by atoms with van der Waals surface area (Å²) in [6.45, 7) is 1.21. The zero-order valence-electron chi connectivity index (χ0n) is 8.93. The first-order valence-corrected chi connectivity index (χ1v) is 5.59. The van der Waals surface area contributed by atoms with Crippen LogP contribution in [0.1, 0.15) is 17.9 Å². The Hall–Kier alpha value is -1.48. The average molecular weight is 218 g/mol. The Morgan fingerprint density at radius 1 is 1.25 bits per heavy atom. The highest BCUT2D eigenvalue weighted by molar-refractivity contribution is 5.41. The van der Waals surface area contributed by atoms with Crippen LogP contribution < -0.4 is 4.74 Å². The monoisotopic (exact) mass is 218 g/mol. The molecular formula is C13H14O3. The van der Waals surface area contributed by atoms with E-state index in [9.17, 15) is 5.11 Å². The molecule has 0 radical (unpaired) electrons. The van der Waals surface area contributed by atoms with Crippen LogP contribution in [0.15, 0.2) is 36.1 Å². The smallest absolute Gasteiger partial charge is 0.123 e. The van der Waals surface area contributed by atoms with E-state index in [2.05, 4.69) is 0 Å². The van der Waals surface area contributed by atoms with Crippen LogP contribution in [-0.2, 0) is 4.74 Å². The fraction of sp³-hybridized carbons (Fsp3) is 0.385. The second-order valence-corrected chi connectivity index (χ2v) is 4.14. The third-order valence-electron chi connectivity index (χ3n) is 3.14. The predicted octanol–water partition coefficient (Wildman–Crippen LogP) is 1.83. The standard InChI is InChI=1S/C13H14O3/c14-13(12-6-3-7-15-12)10-8-16-11-5-2-1-4-9(10)11/h1-2,4-6,10,13-14H,3,7-8H2. The Morgan fingerprint density at radius 3 is 2.94 bits per heavy atom. The molecule has 1 aromatic carbocycles. The van der Waals surface area contributed by atoms with Crippen molar-refractivity contribution in [3.05, 3.63) is 41.7 Å². The van der Waals surface area contributed by atoms with Crippen LogP contribution in [0.25, 0.3) is 0 Å². The van der Waals surface area contributed by atoms with Gasteiger partial charge in [-0.05, 0) is 12.1 Å². The quantitative estimate of drug-likeness (QED) is 0.823. The molecule has 0 aromatic heterocycles. The molecule has 3 rings (SSSR count). The number of rotatable bonds is 2. The summed E-state index contributed by atoms with van der Waals surface area (Å²) in [6.07, 6.45) is 2.28. The van der Waals surface area contributed by atoms with Crippen molar-refractivity contribution in [3.8, 4) is 5.75 Å². The van der Waals surface area contributed by atoms with Crippen molar-refractivity contribution in [1.29, 1.82) is 0 Å². The molecule has 2 unspecified atom stereocenters. The molecule has 3 heteroatoms. The fourth-order valence-corrected chi connectivity index (χ4v) is 2.29. The van der Waals surface area contributed by atoms with Gasteiger partial charge in [-0.1, -0.05) is 18.2 Å². The Kier molecular flexibility index (Phi) is 2.33. The van der Waals surface area contributed by atoms with Gasteiger partial charge in [0.05, 0.1) is 19.1 Å². The number of aliphatic hydroxyl groups excluding tert-OH is 1. The molecule has 0 bridgehead atoms. The molecule has 0 spiro atoms. The molecule has 1 aromatic rings. The van der Waals surface area contributed by atoms with Crippen molar-refractivity contribution in [2.75, 3.05) is 13.2 Å². The van der Waals surface area contributed by atoms with E-state index in [1.54, 1.807) is 0 Å².